The van der Waals surface area contributed by atoms with Crippen LogP contribution in [0.5, 0.6) is 0 Å². The van der Waals surface area contributed by atoms with Crippen molar-refractivity contribution in [1.82, 2.24) is 5.32 Å². The molecule has 1 aliphatic carbocycles. The van der Waals surface area contributed by atoms with Gasteiger partial charge in [0.1, 0.15) is 0 Å². The van der Waals surface area contributed by atoms with E-state index < -0.39 is 0 Å². The Morgan fingerprint density at radius 1 is 1.11 bits per heavy atom. The molecule has 1 aliphatic rings. The third-order valence-corrected chi connectivity index (χ3v) is 4.37. The van der Waals surface area contributed by atoms with Crippen LogP contribution in [0.4, 0.5) is 0 Å². The maximum absolute atomic E-state index is 10.3. The summed E-state index contributed by atoms with van der Waals surface area (Å²) in [5, 5.41) is 13.8. The molecule has 2 heteroatoms. The van der Waals surface area contributed by atoms with Crippen LogP contribution < -0.4 is 5.32 Å². The molecule has 0 spiro atoms. The van der Waals surface area contributed by atoms with Gasteiger partial charge in [-0.1, -0.05) is 43.9 Å². The smallest absolute Gasteiger partial charge is 0.0914 e. The second kappa shape index (κ2) is 7.06. The van der Waals surface area contributed by atoms with Crippen LogP contribution in [0.25, 0.3) is 0 Å². The van der Waals surface area contributed by atoms with Gasteiger partial charge in [0.15, 0.2) is 0 Å². The van der Waals surface area contributed by atoms with Crippen LogP contribution in [0.2, 0.25) is 0 Å². The standard InChI is InChI=1S/C17H27NO/c1-13-9-10-15(11-14(13)2)17(19)12-18-16-7-5-3-4-6-8-16/h9-11,16-19H,3-8,12H2,1-2H3. The van der Waals surface area contributed by atoms with Crippen molar-refractivity contribution in [2.45, 2.75) is 64.5 Å². The fourth-order valence-electron chi connectivity index (χ4n) is 2.85. The molecule has 2 N–H and O–H groups in total. The zero-order valence-corrected chi connectivity index (χ0v) is 12.3. The zero-order chi connectivity index (χ0) is 13.7. The van der Waals surface area contributed by atoms with Crippen LogP contribution in [0.3, 0.4) is 0 Å². The molecular formula is C17H27NO. The quantitative estimate of drug-likeness (QED) is 0.811. The normalized spacial score (nSPS) is 19.1. The fraction of sp³-hybridized carbons (Fsp3) is 0.647. The van der Waals surface area contributed by atoms with Gasteiger partial charge in [-0.25, -0.2) is 0 Å². The van der Waals surface area contributed by atoms with Crippen LogP contribution in [-0.2, 0) is 0 Å². The molecule has 1 fully saturated rings. The number of aliphatic hydroxyl groups is 1. The monoisotopic (exact) mass is 261 g/mol. The minimum Gasteiger partial charge on any atom is -0.387 e. The van der Waals surface area contributed by atoms with Gasteiger partial charge in [0.05, 0.1) is 6.10 Å². The van der Waals surface area contributed by atoms with Crippen molar-refractivity contribution in [2.24, 2.45) is 0 Å². The van der Waals surface area contributed by atoms with E-state index in [-0.39, 0.29) is 6.10 Å². The summed E-state index contributed by atoms with van der Waals surface area (Å²) in [4.78, 5) is 0. The minimum absolute atomic E-state index is 0.387. The molecule has 0 radical (unpaired) electrons. The van der Waals surface area contributed by atoms with Gasteiger partial charge in [-0.05, 0) is 43.4 Å². The summed E-state index contributed by atoms with van der Waals surface area (Å²) < 4.78 is 0. The second-order valence-electron chi connectivity index (χ2n) is 5.96. The minimum atomic E-state index is -0.387. The van der Waals surface area contributed by atoms with E-state index in [1.54, 1.807) is 0 Å². The molecule has 1 saturated carbocycles. The van der Waals surface area contributed by atoms with Crippen LogP contribution >= 0.6 is 0 Å². The molecular weight excluding hydrogens is 234 g/mol. The molecule has 1 aromatic carbocycles. The van der Waals surface area contributed by atoms with Crippen molar-refractivity contribution in [1.29, 1.82) is 0 Å². The Balaban J connectivity index is 1.85. The Morgan fingerprint density at radius 3 is 2.42 bits per heavy atom. The number of hydrogen-bond acceptors (Lipinski definition) is 2. The average Bonchev–Trinajstić information content (AvgIpc) is 2.67. The third-order valence-electron chi connectivity index (χ3n) is 4.37. The zero-order valence-electron chi connectivity index (χ0n) is 12.3. The molecule has 2 nitrogen and oxygen atoms in total. The van der Waals surface area contributed by atoms with Crippen LogP contribution in [-0.4, -0.2) is 17.7 Å². The molecule has 19 heavy (non-hydrogen) atoms. The van der Waals surface area contributed by atoms with Gasteiger partial charge in [-0.2, -0.15) is 0 Å². The highest BCUT2D eigenvalue weighted by atomic mass is 16.3. The van der Waals surface area contributed by atoms with Crippen LogP contribution in [0.1, 0.15) is 61.3 Å². The van der Waals surface area contributed by atoms with Gasteiger partial charge < -0.3 is 10.4 Å². The summed E-state index contributed by atoms with van der Waals surface area (Å²) in [5.41, 5.74) is 3.57. The topological polar surface area (TPSA) is 32.3 Å². The number of nitrogens with one attached hydrogen (secondary N) is 1. The van der Waals surface area contributed by atoms with E-state index in [0.717, 1.165) is 5.56 Å². The van der Waals surface area contributed by atoms with Crippen molar-refractivity contribution >= 4 is 0 Å². The average molecular weight is 261 g/mol. The second-order valence-corrected chi connectivity index (χ2v) is 5.96. The Kier molecular flexibility index (Phi) is 5.41. The molecule has 0 aromatic heterocycles. The molecule has 1 atom stereocenters. The van der Waals surface area contributed by atoms with Gasteiger partial charge in [0, 0.05) is 12.6 Å². The van der Waals surface area contributed by atoms with Crippen molar-refractivity contribution in [3.63, 3.8) is 0 Å². The molecule has 0 amide bonds. The highest BCUT2D eigenvalue weighted by Gasteiger charge is 2.14. The first-order chi connectivity index (χ1) is 9.16. The lowest BCUT2D eigenvalue weighted by Crippen LogP contribution is -2.32. The molecule has 2 rings (SSSR count). The molecule has 1 aromatic rings. The van der Waals surface area contributed by atoms with Crippen molar-refractivity contribution < 1.29 is 5.11 Å². The van der Waals surface area contributed by atoms with Gasteiger partial charge in [-0.3, -0.25) is 0 Å². The Morgan fingerprint density at radius 2 is 1.79 bits per heavy atom. The van der Waals surface area contributed by atoms with E-state index in [9.17, 15) is 5.11 Å². The van der Waals surface area contributed by atoms with Gasteiger partial charge in [-0.15, -0.1) is 0 Å². The number of aryl methyl sites for hydroxylation is 2. The highest BCUT2D eigenvalue weighted by molar-refractivity contribution is 5.31. The van der Waals surface area contributed by atoms with Crippen molar-refractivity contribution in [3.8, 4) is 0 Å². The highest BCUT2D eigenvalue weighted by Crippen LogP contribution is 2.19. The molecule has 0 bridgehead atoms. The lowest BCUT2D eigenvalue weighted by Gasteiger charge is -2.19. The first kappa shape index (κ1) is 14.5. The molecule has 0 heterocycles. The third kappa shape index (κ3) is 4.32. The lowest BCUT2D eigenvalue weighted by molar-refractivity contribution is 0.168. The van der Waals surface area contributed by atoms with Crippen LogP contribution in [0, 0.1) is 13.8 Å². The first-order valence-corrected chi connectivity index (χ1v) is 7.65. The van der Waals surface area contributed by atoms with Crippen molar-refractivity contribution in [2.75, 3.05) is 6.54 Å². The van der Waals surface area contributed by atoms with Gasteiger partial charge in [0.25, 0.3) is 0 Å². The summed E-state index contributed by atoms with van der Waals surface area (Å²) in [6, 6.07) is 6.85. The maximum Gasteiger partial charge on any atom is 0.0914 e. The largest absolute Gasteiger partial charge is 0.387 e. The maximum atomic E-state index is 10.3. The number of hydrogen-bond donors (Lipinski definition) is 2. The summed E-state index contributed by atoms with van der Waals surface area (Å²) >= 11 is 0. The van der Waals surface area contributed by atoms with Gasteiger partial charge in [0.2, 0.25) is 0 Å². The predicted octanol–water partition coefficient (Wildman–Crippen LogP) is 3.65. The van der Waals surface area contributed by atoms with E-state index in [0.29, 0.717) is 12.6 Å². The van der Waals surface area contributed by atoms with Gasteiger partial charge >= 0.3 is 0 Å². The van der Waals surface area contributed by atoms with E-state index in [1.807, 2.05) is 6.07 Å². The van der Waals surface area contributed by atoms with E-state index in [4.69, 9.17) is 0 Å². The Hall–Kier alpha value is -0.860. The summed E-state index contributed by atoms with van der Waals surface area (Å²) in [6.07, 6.45) is 7.55. The van der Waals surface area contributed by atoms with E-state index in [2.05, 4.69) is 31.3 Å². The SMILES string of the molecule is Cc1ccc(C(O)CNC2CCCCCC2)cc1C. The number of benzene rings is 1. The first-order valence-electron chi connectivity index (χ1n) is 7.65. The van der Waals surface area contributed by atoms with E-state index >= 15 is 0 Å². The molecule has 1 unspecified atom stereocenters. The fourth-order valence-corrected chi connectivity index (χ4v) is 2.85. The van der Waals surface area contributed by atoms with E-state index in [1.165, 1.54) is 49.7 Å². The number of rotatable bonds is 4. The Bertz CT molecular complexity index is 394. The van der Waals surface area contributed by atoms with Crippen molar-refractivity contribution in [3.05, 3.63) is 34.9 Å². The summed E-state index contributed by atoms with van der Waals surface area (Å²) in [5.74, 6) is 0. The molecule has 0 saturated heterocycles. The summed E-state index contributed by atoms with van der Waals surface area (Å²) in [6.45, 7) is 4.88. The number of aliphatic hydroxyl groups excluding tert-OH is 1. The van der Waals surface area contributed by atoms with Crippen LogP contribution in [0.15, 0.2) is 18.2 Å². The predicted molar refractivity (Wildman–Crippen MR) is 80.4 cm³/mol. The molecule has 106 valence electrons. The summed E-state index contributed by atoms with van der Waals surface area (Å²) in [7, 11) is 0. The lowest BCUT2D eigenvalue weighted by atomic mass is 10.0. The Labute approximate surface area is 117 Å². The molecule has 0 aliphatic heterocycles.